The molecule has 3 rings (SSSR count). The first kappa shape index (κ1) is 19.3. The van der Waals surface area contributed by atoms with Gasteiger partial charge in [0.2, 0.25) is 5.82 Å². The Morgan fingerprint density at radius 3 is 2.56 bits per heavy atom. The van der Waals surface area contributed by atoms with Gasteiger partial charge in [-0.1, -0.05) is 36.4 Å². The quantitative estimate of drug-likeness (QED) is 0.566. The zero-order valence-electron chi connectivity index (χ0n) is 15.3. The number of rotatable bonds is 7. The molecule has 0 saturated carbocycles. The molecule has 0 amide bonds. The summed E-state index contributed by atoms with van der Waals surface area (Å²) < 4.78 is 19.4. The van der Waals surface area contributed by atoms with Crippen LogP contribution in [-0.2, 0) is 4.74 Å². The molecule has 1 aliphatic heterocycles. The number of benzene rings is 2. The Labute approximate surface area is 157 Å². The monoisotopic (exact) mass is 373 g/mol. The van der Waals surface area contributed by atoms with E-state index in [4.69, 9.17) is 4.74 Å². The third kappa shape index (κ3) is 4.61. The van der Waals surface area contributed by atoms with Crippen molar-refractivity contribution in [3.63, 3.8) is 0 Å². The first-order valence-corrected chi connectivity index (χ1v) is 9.08. The third-order valence-electron chi connectivity index (χ3n) is 5.06. The summed E-state index contributed by atoms with van der Waals surface area (Å²) in [5.41, 5.74) is 0.546. The number of anilines is 1. The van der Waals surface area contributed by atoms with Crippen LogP contribution in [0.25, 0.3) is 0 Å². The molecule has 144 valence electrons. The first-order chi connectivity index (χ1) is 13.0. The number of nitrogens with one attached hydrogen (secondary N) is 2. The van der Waals surface area contributed by atoms with Crippen LogP contribution in [0.3, 0.4) is 0 Å². The van der Waals surface area contributed by atoms with E-state index in [1.165, 1.54) is 17.7 Å². The Hall–Kier alpha value is -2.51. The number of nitro groups is 1. The van der Waals surface area contributed by atoms with E-state index >= 15 is 0 Å². The van der Waals surface area contributed by atoms with E-state index in [0.717, 1.165) is 18.9 Å². The Morgan fingerprint density at radius 1 is 1.19 bits per heavy atom. The van der Waals surface area contributed by atoms with Crippen molar-refractivity contribution in [2.45, 2.75) is 31.3 Å². The Kier molecular flexibility index (Phi) is 6.03. The van der Waals surface area contributed by atoms with Gasteiger partial charge in [0.15, 0.2) is 0 Å². The largest absolute Gasteiger partial charge is 0.381 e. The van der Waals surface area contributed by atoms with Crippen LogP contribution < -0.4 is 10.6 Å². The van der Waals surface area contributed by atoms with Gasteiger partial charge < -0.3 is 15.4 Å². The predicted molar refractivity (Wildman–Crippen MR) is 102 cm³/mol. The minimum Gasteiger partial charge on any atom is -0.381 e. The maximum absolute atomic E-state index is 13.9. The molecule has 0 aliphatic carbocycles. The van der Waals surface area contributed by atoms with E-state index in [2.05, 4.69) is 29.7 Å². The van der Waals surface area contributed by atoms with Crippen LogP contribution in [0.4, 0.5) is 15.8 Å². The molecule has 2 N–H and O–H groups in total. The van der Waals surface area contributed by atoms with E-state index in [0.29, 0.717) is 19.8 Å². The lowest BCUT2D eigenvalue weighted by Gasteiger charge is -2.40. The highest BCUT2D eigenvalue weighted by molar-refractivity contribution is 5.62. The van der Waals surface area contributed by atoms with Crippen molar-refractivity contribution in [3.8, 4) is 0 Å². The number of nitrogens with zero attached hydrogens (tertiary/aromatic N) is 1. The third-order valence-corrected chi connectivity index (χ3v) is 5.06. The van der Waals surface area contributed by atoms with Crippen LogP contribution in [0.5, 0.6) is 0 Å². The van der Waals surface area contributed by atoms with Crippen LogP contribution >= 0.6 is 0 Å². The fourth-order valence-corrected chi connectivity index (χ4v) is 3.53. The first-order valence-electron chi connectivity index (χ1n) is 9.08. The molecule has 1 saturated heterocycles. The fraction of sp³-hybridized carbons (Fsp3) is 0.400. The van der Waals surface area contributed by atoms with Crippen molar-refractivity contribution in [2.24, 2.45) is 0 Å². The SMILES string of the molecule is CC(NC1(CNc2cccc(F)c2[N+](=O)[O-])CCOCC1)c1ccccc1. The van der Waals surface area contributed by atoms with Gasteiger partial charge in [-0.05, 0) is 37.5 Å². The van der Waals surface area contributed by atoms with E-state index in [9.17, 15) is 14.5 Å². The second-order valence-corrected chi connectivity index (χ2v) is 6.92. The summed E-state index contributed by atoms with van der Waals surface area (Å²) in [6, 6.07) is 14.3. The van der Waals surface area contributed by atoms with Gasteiger partial charge in [0.25, 0.3) is 0 Å². The molecule has 0 aromatic heterocycles. The molecule has 2 aromatic rings. The fourth-order valence-electron chi connectivity index (χ4n) is 3.53. The van der Waals surface area contributed by atoms with E-state index in [1.807, 2.05) is 18.2 Å². The van der Waals surface area contributed by atoms with Gasteiger partial charge in [-0.3, -0.25) is 10.1 Å². The van der Waals surface area contributed by atoms with Crippen molar-refractivity contribution >= 4 is 11.4 Å². The van der Waals surface area contributed by atoms with Gasteiger partial charge in [0.05, 0.1) is 4.92 Å². The van der Waals surface area contributed by atoms with Crippen molar-refractivity contribution in [1.29, 1.82) is 0 Å². The molecule has 1 fully saturated rings. The average molecular weight is 373 g/mol. The van der Waals surface area contributed by atoms with Crippen LogP contribution in [0.15, 0.2) is 48.5 Å². The summed E-state index contributed by atoms with van der Waals surface area (Å²) in [6.45, 7) is 3.76. The zero-order chi connectivity index (χ0) is 19.3. The number of hydrogen-bond acceptors (Lipinski definition) is 5. The topological polar surface area (TPSA) is 76.4 Å². The second kappa shape index (κ2) is 8.45. The van der Waals surface area contributed by atoms with Crippen LogP contribution in [0.1, 0.15) is 31.4 Å². The number of hydrogen-bond donors (Lipinski definition) is 2. The van der Waals surface area contributed by atoms with Crippen molar-refractivity contribution in [3.05, 3.63) is 70.0 Å². The smallest absolute Gasteiger partial charge is 0.327 e. The Morgan fingerprint density at radius 2 is 1.89 bits per heavy atom. The Balaban J connectivity index is 1.78. The summed E-state index contributed by atoms with van der Waals surface area (Å²) in [5.74, 6) is -0.836. The molecule has 0 spiro atoms. The van der Waals surface area contributed by atoms with Crippen molar-refractivity contribution in [2.75, 3.05) is 25.1 Å². The summed E-state index contributed by atoms with van der Waals surface area (Å²) in [5, 5.41) is 18.0. The average Bonchev–Trinajstić information content (AvgIpc) is 2.67. The number of halogens is 1. The predicted octanol–water partition coefficient (Wildman–Crippen LogP) is 4.05. The molecule has 0 radical (unpaired) electrons. The van der Waals surface area contributed by atoms with Gasteiger partial charge in [-0.2, -0.15) is 4.39 Å². The van der Waals surface area contributed by atoms with Gasteiger partial charge >= 0.3 is 5.69 Å². The summed E-state index contributed by atoms with van der Waals surface area (Å²) >= 11 is 0. The normalized spacial score (nSPS) is 17.3. The standard InChI is InChI=1S/C20H24FN3O3/c1-15(16-6-3-2-4-7-16)23-20(10-12-27-13-11-20)14-22-18-9-5-8-17(21)19(18)24(25)26/h2-9,15,22-23H,10-14H2,1H3. The van der Waals surface area contributed by atoms with Gasteiger partial charge in [-0.25, -0.2) is 0 Å². The summed E-state index contributed by atoms with van der Waals surface area (Å²) in [4.78, 5) is 10.5. The van der Waals surface area contributed by atoms with E-state index in [-0.39, 0.29) is 17.3 Å². The molecule has 0 bridgehead atoms. The summed E-state index contributed by atoms with van der Waals surface area (Å²) in [6.07, 6.45) is 1.53. The number of ether oxygens (including phenoxy) is 1. The molecule has 7 heteroatoms. The molecule has 2 aromatic carbocycles. The molecule has 1 atom stereocenters. The molecule has 1 heterocycles. The van der Waals surface area contributed by atoms with E-state index in [1.54, 1.807) is 0 Å². The van der Waals surface area contributed by atoms with Crippen molar-refractivity contribution < 1.29 is 14.1 Å². The highest BCUT2D eigenvalue weighted by Crippen LogP contribution is 2.30. The van der Waals surface area contributed by atoms with Crippen LogP contribution in [-0.4, -0.2) is 30.2 Å². The molecule has 6 nitrogen and oxygen atoms in total. The second-order valence-electron chi connectivity index (χ2n) is 6.92. The minimum atomic E-state index is -0.836. The maximum atomic E-state index is 13.9. The number of nitro benzene ring substituents is 1. The van der Waals surface area contributed by atoms with Gasteiger partial charge in [-0.15, -0.1) is 0 Å². The lowest BCUT2D eigenvalue weighted by atomic mass is 9.88. The van der Waals surface area contributed by atoms with Gasteiger partial charge in [0.1, 0.15) is 5.69 Å². The summed E-state index contributed by atoms with van der Waals surface area (Å²) in [7, 11) is 0. The van der Waals surface area contributed by atoms with Crippen LogP contribution in [0, 0.1) is 15.9 Å². The van der Waals surface area contributed by atoms with Gasteiger partial charge in [0, 0.05) is 31.3 Å². The molecule has 1 aliphatic rings. The molecular formula is C20H24FN3O3. The maximum Gasteiger partial charge on any atom is 0.327 e. The molecule has 27 heavy (non-hydrogen) atoms. The Bertz CT molecular complexity index is 779. The van der Waals surface area contributed by atoms with Crippen LogP contribution in [0.2, 0.25) is 0 Å². The molecule has 1 unspecified atom stereocenters. The number of para-hydroxylation sites is 1. The minimum absolute atomic E-state index is 0.105. The lowest BCUT2D eigenvalue weighted by molar-refractivity contribution is -0.386. The molecular weight excluding hydrogens is 349 g/mol. The van der Waals surface area contributed by atoms with Crippen molar-refractivity contribution in [1.82, 2.24) is 5.32 Å². The highest BCUT2D eigenvalue weighted by atomic mass is 19.1. The van der Waals surface area contributed by atoms with E-state index < -0.39 is 16.4 Å². The highest BCUT2D eigenvalue weighted by Gasteiger charge is 2.34. The zero-order valence-corrected chi connectivity index (χ0v) is 15.3. The lowest BCUT2D eigenvalue weighted by Crippen LogP contribution is -2.54.